The zero-order chi connectivity index (χ0) is 23.0. The van der Waals surface area contributed by atoms with Crippen LogP contribution in [0.3, 0.4) is 0 Å². The second-order valence-electron chi connectivity index (χ2n) is 6.48. The van der Waals surface area contributed by atoms with Gasteiger partial charge in [0.2, 0.25) is 5.91 Å². The molecule has 2 aromatic rings. The summed E-state index contributed by atoms with van der Waals surface area (Å²) in [6.45, 7) is 1.76. The number of methoxy groups -OCH3 is 2. The summed E-state index contributed by atoms with van der Waals surface area (Å²) in [7, 11) is -1.71. The fourth-order valence-corrected chi connectivity index (χ4v) is 4.42. The Kier molecular flexibility index (Phi) is 8.20. The number of rotatable bonds is 11. The van der Waals surface area contributed by atoms with E-state index >= 15 is 0 Å². The predicted molar refractivity (Wildman–Crippen MR) is 115 cm³/mol. The van der Waals surface area contributed by atoms with E-state index in [4.69, 9.17) is 9.47 Å². The van der Waals surface area contributed by atoms with Crippen molar-refractivity contribution in [2.45, 2.75) is 24.7 Å². The average Bonchev–Trinajstić information content (AvgIpc) is 2.77. The minimum atomic E-state index is -4.50. The highest BCUT2D eigenvalue weighted by Crippen LogP contribution is 2.37. The number of nitrogens with one attached hydrogen (secondary N) is 1. The Hall–Kier alpha value is -3.34. The predicted octanol–water partition coefficient (Wildman–Crippen LogP) is 2.72. The van der Waals surface area contributed by atoms with Gasteiger partial charge in [-0.1, -0.05) is 25.5 Å². The number of para-hydroxylation sites is 1. The topological polar surface area (TPSA) is 128 Å². The van der Waals surface area contributed by atoms with Crippen LogP contribution in [0.5, 0.6) is 11.5 Å². The van der Waals surface area contributed by atoms with Crippen molar-refractivity contribution in [3.63, 3.8) is 0 Å². The molecule has 1 amide bonds. The van der Waals surface area contributed by atoms with Gasteiger partial charge in [-0.15, -0.1) is 0 Å². The zero-order valence-electron chi connectivity index (χ0n) is 17.5. The van der Waals surface area contributed by atoms with Gasteiger partial charge >= 0.3 is 0 Å². The van der Waals surface area contributed by atoms with Gasteiger partial charge in [-0.05, 0) is 24.6 Å². The Balaban J connectivity index is 2.60. The average molecular weight is 452 g/mol. The van der Waals surface area contributed by atoms with Crippen molar-refractivity contribution in [2.24, 2.45) is 0 Å². The van der Waals surface area contributed by atoms with Crippen LogP contribution < -0.4 is 19.1 Å². The van der Waals surface area contributed by atoms with Gasteiger partial charge in [0.15, 0.2) is 4.90 Å². The smallest absolute Gasteiger partial charge is 0.289 e. The van der Waals surface area contributed by atoms with Gasteiger partial charge in [-0.2, -0.15) is 0 Å². The third-order valence-corrected chi connectivity index (χ3v) is 6.23. The van der Waals surface area contributed by atoms with Crippen LogP contribution in [0.4, 0.5) is 11.4 Å². The van der Waals surface area contributed by atoms with Crippen molar-refractivity contribution in [2.75, 3.05) is 31.6 Å². The molecule has 0 heterocycles. The molecule has 0 aromatic heterocycles. The summed E-state index contributed by atoms with van der Waals surface area (Å²) in [6.07, 6.45) is 1.58. The van der Waals surface area contributed by atoms with Gasteiger partial charge < -0.3 is 14.8 Å². The molecule has 0 aliphatic carbocycles. The number of nitrogens with zero attached hydrogens (tertiary/aromatic N) is 2. The molecule has 10 nitrogen and oxygen atoms in total. The molecule has 0 fully saturated rings. The van der Waals surface area contributed by atoms with E-state index in [2.05, 4.69) is 5.32 Å². The molecule has 0 atom stereocenters. The number of sulfonamides is 1. The molecule has 168 valence electrons. The van der Waals surface area contributed by atoms with E-state index in [9.17, 15) is 23.3 Å². The summed E-state index contributed by atoms with van der Waals surface area (Å²) in [6, 6.07) is 9.37. The van der Waals surface area contributed by atoms with Crippen LogP contribution in [-0.4, -0.2) is 46.6 Å². The van der Waals surface area contributed by atoms with Crippen LogP contribution >= 0.6 is 0 Å². The largest absolute Gasteiger partial charge is 0.497 e. The second-order valence-corrected chi connectivity index (χ2v) is 8.31. The lowest BCUT2D eigenvalue weighted by Gasteiger charge is -2.25. The van der Waals surface area contributed by atoms with Gasteiger partial charge in [0.25, 0.3) is 15.7 Å². The summed E-state index contributed by atoms with van der Waals surface area (Å²) >= 11 is 0. The van der Waals surface area contributed by atoms with Crippen LogP contribution in [0.25, 0.3) is 0 Å². The van der Waals surface area contributed by atoms with Crippen LogP contribution in [0.15, 0.2) is 47.4 Å². The zero-order valence-corrected chi connectivity index (χ0v) is 18.3. The second kappa shape index (κ2) is 10.6. The van der Waals surface area contributed by atoms with Crippen molar-refractivity contribution in [1.82, 2.24) is 5.32 Å². The molecule has 2 rings (SSSR count). The maximum absolute atomic E-state index is 13.5. The first-order valence-electron chi connectivity index (χ1n) is 9.51. The number of hydrogen-bond acceptors (Lipinski definition) is 7. The number of nitro benzene ring substituents is 1. The summed E-state index contributed by atoms with van der Waals surface area (Å²) in [4.78, 5) is 22.6. The molecule has 0 spiro atoms. The van der Waals surface area contributed by atoms with Crippen molar-refractivity contribution in [3.8, 4) is 11.5 Å². The monoisotopic (exact) mass is 451 g/mol. The van der Waals surface area contributed by atoms with Crippen LogP contribution in [-0.2, 0) is 14.8 Å². The summed E-state index contributed by atoms with van der Waals surface area (Å²) in [5, 5.41) is 14.1. The maximum atomic E-state index is 13.5. The number of anilines is 1. The van der Waals surface area contributed by atoms with Crippen molar-refractivity contribution in [3.05, 3.63) is 52.6 Å². The third kappa shape index (κ3) is 5.63. The minimum Gasteiger partial charge on any atom is -0.497 e. The van der Waals surface area contributed by atoms with Crippen LogP contribution in [0.1, 0.15) is 19.8 Å². The normalized spacial score (nSPS) is 10.9. The number of hydrogen-bond donors (Lipinski definition) is 1. The molecular formula is C20H25N3O7S. The Labute approximate surface area is 181 Å². The van der Waals surface area contributed by atoms with Gasteiger partial charge in [0.05, 0.1) is 24.8 Å². The number of carbonyl (C=O) groups is 1. The molecule has 0 unspecified atom stereocenters. The van der Waals surface area contributed by atoms with E-state index in [1.54, 1.807) is 0 Å². The molecule has 0 aliphatic rings. The van der Waals surface area contributed by atoms with Crippen molar-refractivity contribution < 1.29 is 27.6 Å². The van der Waals surface area contributed by atoms with Gasteiger partial charge in [-0.3, -0.25) is 19.2 Å². The molecule has 1 N–H and O–H groups in total. The quantitative estimate of drug-likeness (QED) is 0.316. The lowest BCUT2D eigenvalue weighted by molar-refractivity contribution is -0.387. The number of nitro groups is 1. The highest BCUT2D eigenvalue weighted by molar-refractivity contribution is 7.93. The van der Waals surface area contributed by atoms with Crippen molar-refractivity contribution in [1.29, 1.82) is 0 Å². The van der Waals surface area contributed by atoms with E-state index in [0.29, 0.717) is 12.3 Å². The summed E-state index contributed by atoms with van der Waals surface area (Å²) in [5.74, 6) is -0.00705. The maximum Gasteiger partial charge on any atom is 0.289 e. The number of unbranched alkanes of at least 4 members (excludes halogenated alkanes) is 1. The lowest BCUT2D eigenvalue weighted by Crippen LogP contribution is -2.41. The number of carbonyl (C=O) groups excluding carboxylic acids is 1. The minimum absolute atomic E-state index is 0.0482. The molecule has 0 saturated carbocycles. The summed E-state index contributed by atoms with van der Waals surface area (Å²) in [5.41, 5.74) is -0.543. The molecular weight excluding hydrogens is 426 g/mol. The SMILES string of the molecule is CCCCNC(=O)CN(c1ccc(OC)cc1OC)S(=O)(=O)c1ccccc1[N+](=O)[O-]. The van der Waals surface area contributed by atoms with E-state index in [1.165, 1.54) is 44.6 Å². The molecule has 0 aliphatic heterocycles. The highest BCUT2D eigenvalue weighted by Gasteiger charge is 2.34. The van der Waals surface area contributed by atoms with E-state index in [0.717, 1.165) is 29.3 Å². The molecule has 0 bridgehead atoms. The number of amides is 1. The Morgan fingerprint density at radius 3 is 2.48 bits per heavy atom. The molecule has 31 heavy (non-hydrogen) atoms. The first-order valence-corrected chi connectivity index (χ1v) is 10.9. The van der Waals surface area contributed by atoms with Gasteiger partial charge in [0.1, 0.15) is 18.0 Å². The lowest BCUT2D eigenvalue weighted by atomic mass is 10.2. The highest BCUT2D eigenvalue weighted by atomic mass is 32.2. The fraction of sp³-hybridized carbons (Fsp3) is 0.350. The summed E-state index contributed by atoms with van der Waals surface area (Å²) < 4.78 is 38.3. The molecule has 11 heteroatoms. The standard InChI is InChI=1S/C20H25N3O7S/c1-4-5-12-21-20(24)14-22(16-11-10-15(29-2)13-18(16)30-3)31(27,28)19-9-7-6-8-17(19)23(25)26/h6-11,13H,4-5,12,14H2,1-3H3,(H,21,24). The molecule has 2 aromatic carbocycles. The van der Waals surface area contributed by atoms with Crippen LogP contribution in [0.2, 0.25) is 0 Å². The number of ether oxygens (including phenoxy) is 2. The van der Waals surface area contributed by atoms with E-state index in [1.807, 2.05) is 6.92 Å². The van der Waals surface area contributed by atoms with Gasteiger partial charge in [-0.25, -0.2) is 8.42 Å². The number of benzene rings is 2. The van der Waals surface area contributed by atoms with E-state index in [-0.39, 0.29) is 11.4 Å². The third-order valence-electron chi connectivity index (χ3n) is 4.43. The molecule has 0 radical (unpaired) electrons. The Morgan fingerprint density at radius 1 is 1.16 bits per heavy atom. The first-order chi connectivity index (χ1) is 14.8. The Bertz CT molecular complexity index is 1040. The first kappa shape index (κ1) is 23.9. The van der Waals surface area contributed by atoms with Crippen LogP contribution in [0, 0.1) is 10.1 Å². The van der Waals surface area contributed by atoms with Gasteiger partial charge in [0, 0.05) is 18.7 Å². The fourth-order valence-electron chi connectivity index (χ4n) is 2.83. The van der Waals surface area contributed by atoms with E-state index < -0.39 is 38.0 Å². The molecule has 0 saturated heterocycles. The Morgan fingerprint density at radius 2 is 1.87 bits per heavy atom. The van der Waals surface area contributed by atoms with Crippen molar-refractivity contribution >= 4 is 27.3 Å².